The van der Waals surface area contributed by atoms with E-state index in [1.54, 1.807) is 23.6 Å². The highest BCUT2D eigenvalue weighted by atomic mass is 16.5. The zero-order valence-corrected chi connectivity index (χ0v) is 18.1. The molecule has 5 heteroatoms. The van der Waals surface area contributed by atoms with Crippen LogP contribution in [0.4, 0.5) is 0 Å². The lowest BCUT2D eigenvalue weighted by Crippen LogP contribution is -2.25. The predicted molar refractivity (Wildman–Crippen MR) is 122 cm³/mol. The average molecular weight is 417 g/mol. The second-order valence-corrected chi connectivity index (χ2v) is 8.74. The highest BCUT2D eigenvalue weighted by Crippen LogP contribution is 2.43. The number of benzene rings is 1. The van der Waals surface area contributed by atoms with E-state index in [1.165, 1.54) is 18.4 Å². The van der Waals surface area contributed by atoms with Gasteiger partial charge in [0.1, 0.15) is 5.56 Å². The Morgan fingerprint density at radius 1 is 1.13 bits per heavy atom. The van der Waals surface area contributed by atoms with Crippen molar-refractivity contribution < 1.29 is 9.53 Å². The molecule has 0 saturated heterocycles. The van der Waals surface area contributed by atoms with Gasteiger partial charge in [-0.15, -0.1) is 0 Å². The topological polar surface area (TPSA) is 59.8 Å². The van der Waals surface area contributed by atoms with Gasteiger partial charge in [-0.2, -0.15) is 0 Å². The Morgan fingerprint density at radius 2 is 1.87 bits per heavy atom. The maximum atomic E-state index is 13.1. The van der Waals surface area contributed by atoms with Gasteiger partial charge in [0, 0.05) is 18.8 Å². The summed E-state index contributed by atoms with van der Waals surface area (Å²) in [6, 6.07) is 13.1. The molecule has 2 saturated carbocycles. The number of carbonyl (C=O) groups is 1. The first-order valence-corrected chi connectivity index (χ1v) is 11.3. The standard InChI is InChI=1S/C26H28N2O3/c1-3-31-26(30)23-14-22(19-8-9-19)24-16(2)21(12-13-28(24)25(23)29)18-6-4-17(5-7-18)15-27-20-10-11-20/h4-7,12-14,19-20,27H,3,8-11,15H2,1-2H3. The second-order valence-electron chi connectivity index (χ2n) is 8.74. The van der Waals surface area contributed by atoms with Gasteiger partial charge in [0.15, 0.2) is 0 Å². The Labute approximate surface area is 182 Å². The lowest BCUT2D eigenvalue weighted by Gasteiger charge is -2.16. The van der Waals surface area contributed by atoms with Crippen LogP contribution in [0.1, 0.15) is 65.6 Å². The quantitative estimate of drug-likeness (QED) is 0.573. The summed E-state index contributed by atoms with van der Waals surface area (Å²) in [6.07, 6.45) is 6.55. The summed E-state index contributed by atoms with van der Waals surface area (Å²) in [4.78, 5) is 25.4. The maximum absolute atomic E-state index is 13.1. The van der Waals surface area contributed by atoms with E-state index in [0.29, 0.717) is 12.0 Å². The molecule has 1 N–H and O–H groups in total. The zero-order chi connectivity index (χ0) is 21.5. The SMILES string of the molecule is CCOC(=O)c1cc(C2CC2)c2c(C)c(-c3ccc(CNC4CC4)cc3)ccn2c1=O. The van der Waals surface area contributed by atoms with E-state index < -0.39 is 5.97 Å². The van der Waals surface area contributed by atoms with Crippen molar-refractivity contribution >= 4 is 11.5 Å². The monoisotopic (exact) mass is 416 g/mol. The van der Waals surface area contributed by atoms with E-state index in [1.807, 2.05) is 6.07 Å². The van der Waals surface area contributed by atoms with Crippen LogP contribution in [0, 0.1) is 6.92 Å². The number of hydrogen-bond acceptors (Lipinski definition) is 4. The van der Waals surface area contributed by atoms with E-state index in [2.05, 4.69) is 36.5 Å². The van der Waals surface area contributed by atoms with Gasteiger partial charge in [-0.05, 0) is 85.4 Å². The van der Waals surface area contributed by atoms with Gasteiger partial charge < -0.3 is 10.1 Å². The van der Waals surface area contributed by atoms with Crippen LogP contribution in [-0.4, -0.2) is 23.0 Å². The number of esters is 1. The first-order valence-electron chi connectivity index (χ1n) is 11.3. The molecule has 2 heterocycles. The highest BCUT2D eigenvalue weighted by molar-refractivity contribution is 5.91. The number of nitrogens with one attached hydrogen (secondary N) is 1. The van der Waals surface area contributed by atoms with Gasteiger partial charge in [-0.25, -0.2) is 4.79 Å². The fourth-order valence-corrected chi connectivity index (χ4v) is 4.32. The van der Waals surface area contributed by atoms with Crippen LogP contribution >= 0.6 is 0 Å². The van der Waals surface area contributed by atoms with Gasteiger partial charge in [0.25, 0.3) is 5.56 Å². The fraction of sp³-hybridized carbons (Fsp3) is 0.385. The molecule has 1 aromatic carbocycles. The third kappa shape index (κ3) is 3.90. The van der Waals surface area contributed by atoms with Crippen molar-refractivity contribution in [1.82, 2.24) is 9.72 Å². The Hall–Kier alpha value is -2.92. The molecule has 0 bridgehead atoms. The van der Waals surface area contributed by atoms with Crippen LogP contribution in [0.5, 0.6) is 0 Å². The highest BCUT2D eigenvalue weighted by Gasteiger charge is 2.29. The lowest BCUT2D eigenvalue weighted by atomic mass is 9.96. The molecule has 2 fully saturated rings. The Bertz CT molecular complexity index is 1200. The number of hydrogen-bond donors (Lipinski definition) is 1. The molecule has 2 aliphatic carbocycles. The Balaban J connectivity index is 1.57. The molecule has 160 valence electrons. The van der Waals surface area contributed by atoms with E-state index in [9.17, 15) is 9.59 Å². The number of aromatic nitrogens is 1. The van der Waals surface area contributed by atoms with E-state index >= 15 is 0 Å². The normalized spacial score (nSPS) is 15.9. The summed E-state index contributed by atoms with van der Waals surface area (Å²) in [6.45, 7) is 4.98. The van der Waals surface area contributed by atoms with E-state index in [0.717, 1.165) is 47.2 Å². The van der Waals surface area contributed by atoms with Gasteiger partial charge in [0.2, 0.25) is 0 Å². The minimum Gasteiger partial charge on any atom is -0.462 e. The van der Waals surface area contributed by atoms with Crippen LogP contribution in [0.25, 0.3) is 16.6 Å². The summed E-state index contributed by atoms with van der Waals surface area (Å²) in [5.41, 5.74) is 6.43. The summed E-state index contributed by atoms with van der Waals surface area (Å²) in [7, 11) is 0. The van der Waals surface area contributed by atoms with Crippen molar-refractivity contribution in [2.75, 3.05) is 6.61 Å². The summed E-state index contributed by atoms with van der Waals surface area (Å²) >= 11 is 0. The molecule has 0 radical (unpaired) electrons. The Kier molecular flexibility index (Phi) is 5.14. The zero-order valence-electron chi connectivity index (χ0n) is 18.1. The smallest absolute Gasteiger partial charge is 0.343 e. The molecule has 0 atom stereocenters. The van der Waals surface area contributed by atoms with Crippen molar-refractivity contribution in [2.24, 2.45) is 0 Å². The van der Waals surface area contributed by atoms with Crippen molar-refractivity contribution in [3.05, 3.63) is 75.2 Å². The van der Waals surface area contributed by atoms with Crippen molar-refractivity contribution in [3.63, 3.8) is 0 Å². The molecule has 5 rings (SSSR count). The number of pyridine rings is 2. The van der Waals surface area contributed by atoms with Crippen LogP contribution in [0.15, 0.2) is 47.4 Å². The van der Waals surface area contributed by atoms with Crippen LogP contribution in [0.2, 0.25) is 0 Å². The van der Waals surface area contributed by atoms with E-state index in [4.69, 9.17) is 4.74 Å². The molecular formula is C26H28N2O3. The molecule has 2 aliphatic rings. The molecule has 0 spiro atoms. The molecule has 0 aliphatic heterocycles. The number of rotatable bonds is 7. The summed E-state index contributed by atoms with van der Waals surface area (Å²) in [5.74, 6) is -0.144. The van der Waals surface area contributed by atoms with Crippen LogP contribution < -0.4 is 10.9 Å². The third-order valence-corrected chi connectivity index (χ3v) is 6.36. The van der Waals surface area contributed by atoms with Gasteiger partial charge in [0.05, 0.1) is 12.1 Å². The molecule has 0 unspecified atom stereocenters. The number of carbonyl (C=O) groups excluding carboxylic acids is 1. The van der Waals surface area contributed by atoms with Crippen molar-refractivity contribution in [3.8, 4) is 11.1 Å². The summed E-state index contributed by atoms with van der Waals surface area (Å²) < 4.78 is 6.76. The predicted octanol–water partition coefficient (Wildman–Crippen LogP) is 4.58. The van der Waals surface area contributed by atoms with Crippen molar-refractivity contribution in [1.29, 1.82) is 0 Å². The minimum absolute atomic E-state index is 0.126. The average Bonchev–Trinajstić information content (AvgIpc) is 3.68. The van der Waals surface area contributed by atoms with Gasteiger partial charge in [-0.3, -0.25) is 9.20 Å². The number of fused-ring (bicyclic) bond motifs is 1. The minimum atomic E-state index is -0.541. The molecular weight excluding hydrogens is 388 g/mol. The molecule has 2 aromatic heterocycles. The van der Waals surface area contributed by atoms with Crippen LogP contribution in [-0.2, 0) is 11.3 Å². The first kappa shape index (κ1) is 20.0. The lowest BCUT2D eigenvalue weighted by molar-refractivity contribution is 0.0524. The number of aryl methyl sites for hydroxylation is 1. The number of nitrogens with zero attached hydrogens (tertiary/aromatic N) is 1. The number of ether oxygens (including phenoxy) is 1. The van der Waals surface area contributed by atoms with Gasteiger partial charge >= 0.3 is 5.97 Å². The first-order chi connectivity index (χ1) is 15.1. The Morgan fingerprint density at radius 3 is 2.52 bits per heavy atom. The molecule has 0 amide bonds. The molecule has 5 nitrogen and oxygen atoms in total. The van der Waals surface area contributed by atoms with Gasteiger partial charge in [-0.1, -0.05) is 24.3 Å². The van der Waals surface area contributed by atoms with Crippen molar-refractivity contribution in [2.45, 2.75) is 58.0 Å². The van der Waals surface area contributed by atoms with Crippen LogP contribution in [0.3, 0.4) is 0 Å². The fourth-order valence-electron chi connectivity index (χ4n) is 4.32. The molecule has 3 aromatic rings. The summed E-state index contributed by atoms with van der Waals surface area (Å²) in [5, 5.41) is 3.55. The molecule has 31 heavy (non-hydrogen) atoms. The largest absolute Gasteiger partial charge is 0.462 e. The second kappa shape index (κ2) is 7.97. The third-order valence-electron chi connectivity index (χ3n) is 6.36. The maximum Gasteiger partial charge on any atom is 0.343 e. The van der Waals surface area contributed by atoms with E-state index in [-0.39, 0.29) is 17.7 Å².